The maximum atomic E-state index is 15.6. The topological polar surface area (TPSA) is 65.7 Å². The molecule has 13 heteroatoms. The molecule has 6 nitrogen and oxygen atoms in total. The highest BCUT2D eigenvalue weighted by Gasteiger charge is 2.45. The predicted octanol–water partition coefficient (Wildman–Crippen LogP) is 5.53. The lowest BCUT2D eigenvalue weighted by Gasteiger charge is -2.27. The summed E-state index contributed by atoms with van der Waals surface area (Å²) in [5.74, 6) is -7.64. The Balaban J connectivity index is 1.59. The van der Waals surface area contributed by atoms with E-state index in [9.17, 15) is 22.0 Å². The molecule has 0 aliphatic carbocycles. The SMILES string of the molecule is Fc1ccc([C@H](Cn2cnnn2)C(F)(F)c2ccc(-c3ccc(OCC(F)(F)F)cc3)cn2)c(F)c1. The molecule has 2 aromatic carbocycles. The summed E-state index contributed by atoms with van der Waals surface area (Å²) >= 11 is 0. The summed E-state index contributed by atoms with van der Waals surface area (Å²) < 4.78 is 102. The predicted molar refractivity (Wildman–Crippen MR) is 112 cm³/mol. The third kappa shape index (κ3) is 5.78. The van der Waals surface area contributed by atoms with Gasteiger partial charge in [-0.1, -0.05) is 24.3 Å². The van der Waals surface area contributed by atoms with E-state index in [0.29, 0.717) is 17.2 Å². The minimum atomic E-state index is -4.48. The number of hydrogen-bond acceptors (Lipinski definition) is 5. The standard InChI is InChI=1S/C23H16F7N5O/c24-16-4-7-18(20(25)9-16)19(11-35-13-32-33-34-35)23(29,30)21-8-3-15(10-31-21)14-1-5-17(6-2-14)36-12-22(26,27)28/h1-10,13,19H,11-12H2/t19-/m0/s1. The fraction of sp³-hybridized carbons (Fsp3) is 0.217. The first-order chi connectivity index (χ1) is 17.0. The number of halogens is 7. The lowest BCUT2D eigenvalue weighted by atomic mass is 9.89. The van der Waals surface area contributed by atoms with E-state index in [1.165, 1.54) is 30.3 Å². The molecular formula is C23H16F7N5O. The Morgan fingerprint density at radius 2 is 1.61 bits per heavy atom. The fourth-order valence-corrected chi connectivity index (χ4v) is 3.49. The van der Waals surface area contributed by atoms with Crippen molar-refractivity contribution in [2.45, 2.75) is 24.6 Å². The van der Waals surface area contributed by atoms with Crippen LogP contribution in [0.5, 0.6) is 5.75 Å². The van der Waals surface area contributed by atoms with Gasteiger partial charge in [0.15, 0.2) is 6.61 Å². The van der Waals surface area contributed by atoms with E-state index < -0.39 is 54.1 Å². The van der Waals surface area contributed by atoms with E-state index >= 15 is 8.78 Å². The molecule has 4 aromatic rings. The molecule has 0 unspecified atom stereocenters. The van der Waals surface area contributed by atoms with Crippen molar-refractivity contribution >= 4 is 0 Å². The Labute approximate surface area is 199 Å². The van der Waals surface area contributed by atoms with Crippen molar-refractivity contribution in [2.24, 2.45) is 0 Å². The Morgan fingerprint density at radius 3 is 2.19 bits per heavy atom. The van der Waals surface area contributed by atoms with Gasteiger partial charge in [0.2, 0.25) is 0 Å². The van der Waals surface area contributed by atoms with Crippen LogP contribution < -0.4 is 4.74 Å². The van der Waals surface area contributed by atoms with Crippen LogP contribution in [0.25, 0.3) is 11.1 Å². The first-order valence-corrected chi connectivity index (χ1v) is 10.3. The molecule has 0 saturated carbocycles. The molecule has 0 N–H and O–H groups in total. The summed E-state index contributed by atoms with van der Waals surface area (Å²) in [5, 5.41) is 10.3. The van der Waals surface area contributed by atoms with Crippen molar-refractivity contribution in [2.75, 3.05) is 6.61 Å². The van der Waals surface area contributed by atoms with Crippen molar-refractivity contribution in [3.8, 4) is 16.9 Å². The minimum absolute atomic E-state index is 0.0149. The summed E-state index contributed by atoms with van der Waals surface area (Å²) in [6.07, 6.45) is -2.24. The highest BCUT2D eigenvalue weighted by molar-refractivity contribution is 5.63. The van der Waals surface area contributed by atoms with Gasteiger partial charge in [0, 0.05) is 17.8 Å². The van der Waals surface area contributed by atoms with E-state index in [4.69, 9.17) is 0 Å². The van der Waals surface area contributed by atoms with Gasteiger partial charge in [0.05, 0.1) is 12.5 Å². The second kappa shape index (κ2) is 9.91. The molecule has 0 aliphatic heterocycles. The number of benzene rings is 2. The van der Waals surface area contributed by atoms with Crippen LogP contribution in [0.2, 0.25) is 0 Å². The van der Waals surface area contributed by atoms with Crippen LogP contribution in [-0.2, 0) is 12.5 Å². The third-order valence-corrected chi connectivity index (χ3v) is 5.23. The number of rotatable bonds is 8. The van der Waals surface area contributed by atoms with Crippen LogP contribution in [0.15, 0.2) is 67.1 Å². The molecule has 0 fully saturated rings. The smallest absolute Gasteiger partial charge is 0.422 e. The molecule has 1 atom stereocenters. The van der Waals surface area contributed by atoms with Gasteiger partial charge in [-0.05, 0) is 45.8 Å². The molecule has 188 valence electrons. The number of alkyl halides is 5. The van der Waals surface area contributed by atoms with Crippen LogP contribution in [-0.4, -0.2) is 38.0 Å². The monoisotopic (exact) mass is 511 g/mol. The quantitative estimate of drug-likeness (QED) is 0.291. The maximum Gasteiger partial charge on any atom is 0.422 e. The number of nitrogens with zero attached hydrogens (tertiary/aromatic N) is 5. The second-order valence-electron chi connectivity index (χ2n) is 7.73. The summed E-state index contributed by atoms with van der Waals surface area (Å²) in [5.41, 5.74) is -0.233. The zero-order valence-electron chi connectivity index (χ0n) is 18.1. The van der Waals surface area contributed by atoms with E-state index in [1.807, 2.05) is 0 Å². The van der Waals surface area contributed by atoms with Crippen LogP contribution in [0, 0.1) is 11.6 Å². The number of ether oxygens (including phenoxy) is 1. The van der Waals surface area contributed by atoms with E-state index in [-0.39, 0.29) is 5.75 Å². The van der Waals surface area contributed by atoms with Crippen LogP contribution >= 0.6 is 0 Å². The molecular weight excluding hydrogens is 495 g/mol. The van der Waals surface area contributed by atoms with Crippen LogP contribution in [0.3, 0.4) is 0 Å². The van der Waals surface area contributed by atoms with Crippen molar-refractivity contribution in [3.05, 3.63) is 90.0 Å². The molecule has 0 amide bonds. The Bertz CT molecular complexity index is 1290. The Kier molecular flexibility index (Phi) is 6.91. The van der Waals surface area contributed by atoms with Gasteiger partial charge >= 0.3 is 6.18 Å². The number of aromatic nitrogens is 5. The van der Waals surface area contributed by atoms with Gasteiger partial charge in [0.25, 0.3) is 5.92 Å². The summed E-state index contributed by atoms with van der Waals surface area (Å²) in [7, 11) is 0. The molecule has 0 saturated heterocycles. The summed E-state index contributed by atoms with van der Waals surface area (Å²) in [6, 6.07) is 10.2. The van der Waals surface area contributed by atoms with Gasteiger partial charge < -0.3 is 4.74 Å². The van der Waals surface area contributed by atoms with E-state index in [0.717, 1.165) is 35.4 Å². The van der Waals surface area contributed by atoms with E-state index in [2.05, 4.69) is 25.2 Å². The molecule has 0 radical (unpaired) electrons. The van der Waals surface area contributed by atoms with Crippen molar-refractivity contribution in [1.29, 1.82) is 0 Å². The fourth-order valence-electron chi connectivity index (χ4n) is 3.49. The Morgan fingerprint density at radius 1 is 0.889 bits per heavy atom. The summed E-state index contributed by atoms with van der Waals surface area (Å²) in [4.78, 5) is 3.85. The largest absolute Gasteiger partial charge is 0.484 e. The van der Waals surface area contributed by atoms with Crippen molar-refractivity contribution in [3.63, 3.8) is 0 Å². The first-order valence-electron chi connectivity index (χ1n) is 10.3. The van der Waals surface area contributed by atoms with Crippen molar-refractivity contribution < 1.29 is 35.5 Å². The highest BCUT2D eigenvalue weighted by atomic mass is 19.4. The molecule has 4 rings (SSSR count). The summed E-state index contributed by atoms with van der Waals surface area (Å²) in [6.45, 7) is -1.97. The second-order valence-corrected chi connectivity index (χ2v) is 7.73. The third-order valence-electron chi connectivity index (χ3n) is 5.23. The van der Waals surface area contributed by atoms with Gasteiger partial charge in [0.1, 0.15) is 29.4 Å². The highest BCUT2D eigenvalue weighted by Crippen LogP contribution is 2.43. The number of hydrogen-bond donors (Lipinski definition) is 0. The molecule has 2 aromatic heterocycles. The first kappa shape index (κ1) is 25.1. The normalized spacial score (nSPS) is 13.0. The van der Waals surface area contributed by atoms with Crippen LogP contribution in [0.1, 0.15) is 17.2 Å². The average Bonchev–Trinajstić information content (AvgIpc) is 3.35. The Hall–Kier alpha value is -4.03. The average molecular weight is 511 g/mol. The zero-order valence-corrected chi connectivity index (χ0v) is 18.1. The lowest BCUT2D eigenvalue weighted by molar-refractivity contribution is -0.153. The van der Waals surface area contributed by atoms with Crippen LogP contribution in [0.4, 0.5) is 30.7 Å². The number of tetrazole rings is 1. The lowest BCUT2D eigenvalue weighted by Crippen LogP contribution is -2.30. The maximum absolute atomic E-state index is 15.6. The molecule has 0 aliphatic rings. The zero-order chi connectivity index (χ0) is 25.9. The van der Waals surface area contributed by atoms with Gasteiger partial charge in [-0.2, -0.15) is 22.0 Å². The molecule has 36 heavy (non-hydrogen) atoms. The molecule has 2 heterocycles. The van der Waals surface area contributed by atoms with Crippen molar-refractivity contribution in [1.82, 2.24) is 25.2 Å². The van der Waals surface area contributed by atoms with E-state index in [1.54, 1.807) is 0 Å². The van der Waals surface area contributed by atoms with Gasteiger partial charge in [-0.25, -0.2) is 13.5 Å². The van der Waals surface area contributed by atoms with Gasteiger partial charge in [-0.3, -0.25) is 4.98 Å². The molecule has 0 bridgehead atoms. The minimum Gasteiger partial charge on any atom is -0.484 e. The number of pyridine rings is 1. The molecule has 0 spiro atoms. The van der Waals surface area contributed by atoms with Gasteiger partial charge in [-0.15, -0.1) is 5.10 Å².